The van der Waals surface area contributed by atoms with Crippen LogP contribution in [-0.2, 0) is 22.0 Å². The van der Waals surface area contributed by atoms with Gasteiger partial charge in [0, 0.05) is 4.47 Å². The summed E-state index contributed by atoms with van der Waals surface area (Å²) in [4.78, 5) is 0.181. The normalized spacial score (nSPS) is 11.5. The molecule has 0 amide bonds. The second-order valence-corrected chi connectivity index (χ2v) is 7.48. The first kappa shape index (κ1) is 15.1. The third-order valence-corrected chi connectivity index (χ3v) is 5.34. The van der Waals surface area contributed by atoms with Gasteiger partial charge < -0.3 is 5.73 Å². The molecule has 0 heterocycles. The second-order valence-electron chi connectivity index (χ2n) is 4.61. The maximum atomic E-state index is 12.4. The highest BCUT2D eigenvalue weighted by molar-refractivity contribution is 9.10. The van der Waals surface area contributed by atoms with Gasteiger partial charge in [-0.05, 0) is 35.7 Å². The zero-order chi connectivity index (χ0) is 14.8. The Bertz CT molecular complexity index is 709. The van der Waals surface area contributed by atoms with E-state index in [1.165, 1.54) is 11.6 Å². The number of halogens is 1. The van der Waals surface area contributed by atoms with Crippen LogP contribution < -0.4 is 5.73 Å². The minimum atomic E-state index is -3.43. The van der Waals surface area contributed by atoms with Crippen molar-refractivity contribution in [3.05, 3.63) is 58.1 Å². The molecule has 106 valence electrons. The van der Waals surface area contributed by atoms with Crippen molar-refractivity contribution < 1.29 is 8.42 Å². The summed E-state index contributed by atoms with van der Waals surface area (Å²) < 4.78 is 25.6. The molecule has 0 saturated heterocycles. The van der Waals surface area contributed by atoms with Gasteiger partial charge in [0.15, 0.2) is 9.84 Å². The van der Waals surface area contributed by atoms with E-state index in [0.29, 0.717) is 0 Å². The zero-order valence-electron chi connectivity index (χ0n) is 11.1. The highest BCUT2D eigenvalue weighted by Crippen LogP contribution is 2.25. The minimum absolute atomic E-state index is 0.0389. The van der Waals surface area contributed by atoms with E-state index in [-0.39, 0.29) is 16.3 Å². The Hall–Kier alpha value is -1.33. The van der Waals surface area contributed by atoms with Gasteiger partial charge in [-0.1, -0.05) is 47.1 Å². The van der Waals surface area contributed by atoms with E-state index >= 15 is 0 Å². The minimum Gasteiger partial charge on any atom is -0.398 e. The van der Waals surface area contributed by atoms with Gasteiger partial charge in [0.1, 0.15) is 0 Å². The molecule has 5 heteroatoms. The summed E-state index contributed by atoms with van der Waals surface area (Å²) in [5.41, 5.74) is 8.02. The van der Waals surface area contributed by atoms with Crippen molar-refractivity contribution in [2.45, 2.75) is 24.0 Å². The van der Waals surface area contributed by atoms with Crippen molar-refractivity contribution in [1.82, 2.24) is 0 Å². The van der Waals surface area contributed by atoms with Crippen LogP contribution in [0.5, 0.6) is 0 Å². The van der Waals surface area contributed by atoms with Crippen LogP contribution in [0.25, 0.3) is 0 Å². The molecule has 2 aromatic carbocycles. The summed E-state index contributed by atoms with van der Waals surface area (Å²) >= 11 is 3.27. The Morgan fingerprint density at radius 3 is 2.20 bits per heavy atom. The van der Waals surface area contributed by atoms with Crippen LogP contribution >= 0.6 is 15.9 Å². The third kappa shape index (κ3) is 3.41. The lowest BCUT2D eigenvalue weighted by Crippen LogP contribution is -2.08. The molecule has 0 aromatic heterocycles. The summed E-state index contributed by atoms with van der Waals surface area (Å²) in [6.45, 7) is 2.06. The second kappa shape index (κ2) is 5.97. The number of sulfone groups is 1. The molecule has 2 aromatic rings. The van der Waals surface area contributed by atoms with Crippen molar-refractivity contribution in [2.75, 3.05) is 5.73 Å². The SMILES string of the molecule is CCc1ccc(CS(=O)(=O)c2ccc(Br)cc2N)cc1. The predicted molar refractivity (Wildman–Crippen MR) is 85.3 cm³/mol. The lowest BCUT2D eigenvalue weighted by Gasteiger charge is -2.08. The molecule has 0 bridgehead atoms. The number of nitrogens with two attached hydrogens (primary N) is 1. The number of anilines is 1. The molecule has 0 atom stereocenters. The fraction of sp³-hybridized carbons (Fsp3) is 0.200. The fourth-order valence-corrected chi connectivity index (χ4v) is 3.83. The van der Waals surface area contributed by atoms with Gasteiger partial charge in [0.2, 0.25) is 0 Å². The number of aryl methyl sites for hydroxylation is 1. The summed E-state index contributed by atoms with van der Waals surface area (Å²) in [6.07, 6.45) is 0.937. The van der Waals surface area contributed by atoms with Gasteiger partial charge in [-0.2, -0.15) is 0 Å². The predicted octanol–water partition coefficient (Wildman–Crippen LogP) is 3.57. The summed E-state index contributed by atoms with van der Waals surface area (Å²) in [5.74, 6) is -0.0389. The van der Waals surface area contributed by atoms with Gasteiger partial charge in [0.25, 0.3) is 0 Å². The van der Waals surface area contributed by atoms with Crippen LogP contribution in [0.15, 0.2) is 51.8 Å². The third-order valence-electron chi connectivity index (χ3n) is 3.09. The first-order valence-electron chi connectivity index (χ1n) is 6.28. The first-order valence-corrected chi connectivity index (χ1v) is 8.72. The zero-order valence-corrected chi connectivity index (χ0v) is 13.5. The van der Waals surface area contributed by atoms with Gasteiger partial charge in [-0.15, -0.1) is 0 Å². The first-order chi connectivity index (χ1) is 9.42. The topological polar surface area (TPSA) is 60.2 Å². The standard InChI is InChI=1S/C15H16BrNO2S/c1-2-11-3-5-12(6-4-11)10-20(18,19)15-8-7-13(16)9-14(15)17/h3-9H,2,10,17H2,1H3. The Morgan fingerprint density at radius 2 is 1.65 bits per heavy atom. The summed E-state index contributed by atoms with van der Waals surface area (Å²) in [7, 11) is -3.43. The molecule has 0 aliphatic heterocycles. The van der Waals surface area contributed by atoms with E-state index in [2.05, 4.69) is 22.9 Å². The average Bonchev–Trinajstić information content (AvgIpc) is 2.38. The van der Waals surface area contributed by atoms with E-state index in [1.807, 2.05) is 24.3 Å². The Balaban J connectivity index is 2.30. The van der Waals surface area contributed by atoms with E-state index < -0.39 is 9.84 Å². The Kier molecular flexibility index (Phi) is 4.50. The fourth-order valence-electron chi connectivity index (χ4n) is 1.97. The maximum Gasteiger partial charge on any atom is 0.184 e. The van der Waals surface area contributed by atoms with E-state index in [9.17, 15) is 8.42 Å². The molecule has 20 heavy (non-hydrogen) atoms. The summed E-state index contributed by atoms with van der Waals surface area (Å²) in [6, 6.07) is 12.4. The van der Waals surface area contributed by atoms with E-state index in [0.717, 1.165) is 16.5 Å². The summed E-state index contributed by atoms with van der Waals surface area (Å²) in [5, 5.41) is 0. The van der Waals surface area contributed by atoms with Crippen LogP contribution in [0.4, 0.5) is 5.69 Å². The van der Waals surface area contributed by atoms with Crippen molar-refractivity contribution >= 4 is 31.5 Å². The number of rotatable bonds is 4. The van der Waals surface area contributed by atoms with Gasteiger partial charge in [-0.3, -0.25) is 0 Å². The number of nitrogen functional groups attached to an aromatic ring is 1. The number of hydrogen-bond donors (Lipinski definition) is 1. The lowest BCUT2D eigenvalue weighted by molar-refractivity contribution is 0.595. The van der Waals surface area contributed by atoms with E-state index in [1.54, 1.807) is 12.1 Å². The molecule has 0 aliphatic rings. The maximum absolute atomic E-state index is 12.4. The molecule has 0 saturated carbocycles. The molecule has 0 aliphatic carbocycles. The molecular formula is C15H16BrNO2S. The van der Waals surface area contributed by atoms with Crippen LogP contribution in [0.3, 0.4) is 0 Å². The monoisotopic (exact) mass is 353 g/mol. The van der Waals surface area contributed by atoms with Gasteiger partial charge in [-0.25, -0.2) is 8.42 Å². The Morgan fingerprint density at radius 1 is 1.05 bits per heavy atom. The number of benzene rings is 2. The molecule has 3 nitrogen and oxygen atoms in total. The highest BCUT2D eigenvalue weighted by Gasteiger charge is 2.18. The molecule has 0 fully saturated rings. The van der Waals surface area contributed by atoms with Crippen LogP contribution in [-0.4, -0.2) is 8.42 Å². The van der Waals surface area contributed by atoms with Gasteiger partial charge in [0.05, 0.1) is 16.3 Å². The molecule has 0 unspecified atom stereocenters. The van der Waals surface area contributed by atoms with Crippen molar-refractivity contribution in [2.24, 2.45) is 0 Å². The Labute approximate surface area is 127 Å². The van der Waals surface area contributed by atoms with Crippen LogP contribution in [0, 0.1) is 0 Å². The number of hydrogen-bond acceptors (Lipinski definition) is 3. The lowest BCUT2D eigenvalue weighted by atomic mass is 10.1. The average molecular weight is 354 g/mol. The molecule has 2 rings (SSSR count). The van der Waals surface area contributed by atoms with Crippen molar-refractivity contribution in [3.63, 3.8) is 0 Å². The quantitative estimate of drug-likeness (QED) is 0.854. The smallest absolute Gasteiger partial charge is 0.184 e. The van der Waals surface area contributed by atoms with Crippen LogP contribution in [0.2, 0.25) is 0 Å². The van der Waals surface area contributed by atoms with Crippen LogP contribution in [0.1, 0.15) is 18.1 Å². The van der Waals surface area contributed by atoms with Gasteiger partial charge >= 0.3 is 0 Å². The molecule has 0 radical (unpaired) electrons. The van der Waals surface area contributed by atoms with Crippen molar-refractivity contribution in [3.8, 4) is 0 Å². The molecule has 2 N–H and O–H groups in total. The van der Waals surface area contributed by atoms with Crippen molar-refractivity contribution in [1.29, 1.82) is 0 Å². The highest BCUT2D eigenvalue weighted by atomic mass is 79.9. The molecule has 0 spiro atoms. The largest absolute Gasteiger partial charge is 0.398 e. The molecular weight excluding hydrogens is 338 g/mol. The van der Waals surface area contributed by atoms with E-state index in [4.69, 9.17) is 5.73 Å².